The molecule has 0 fully saturated rings. The monoisotopic (exact) mass is 216 g/mol. The zero-order valence-electron chi connectivity index (χ0n) is 8.50. The molecule has 0 bridgehead atoms. The molecule has 0 radical (unpaired) electrons. The summed E-state index contributed by atoms with van der Waals surface area (Å²) in [4.78, 5) is 0. The lowest BCUT2D eigenvalue weighted by atomic mass is 10.3. The van der Waals surface area contributed by atoms with Crippen molar-refractivity contribution in [3.63, 3.8) is 0 Å². The van der Waals surface area contributed by atoms with Gasteiger partial charge in [0.25, 0.3) is 0 Å². The summed E-state index contributed by atoms with van der Waals surface area (Å²) in [6.07, 6.45) is 0. The van der Waals surface area contributed by atoms with Crippen LogP contribution < -0.4 is 10.6 Å². The molecule has 0 nitrogen and oxygen atoms in total. The van der Waals surface area contributed by atoms with E-state index in [1.807, 2.05) is 6.07 Å². The molecule has 0 N–H and O–H groups in total. The summed E-state index contributed by atoms with van der Waals surface area (Å²) in [5, 5.41) is 2.19. The molecule has 0 saturated carbocycles. The van der Waals surface area contributed by atoms with Crippen molar-refractivity contribution in [2.24, 2.45) is 0 Å². The maximum Gasteiger partial charge on any atom is 0.131 e. The maximum absolute atomic E-state index is 13.5. The Hall–Kier alpha value is 0.01000. The highest BCUT2D eigenvalue weighted by Crippen LogP contribution is 2.31. The van der Waals surface area contributed by atoms with Crippen LogP contribution in [0.15, 0.2) is 18.2 Å². The number of rotatable bonds is 2. The van der Waals surface area contributed by atoms with Crippen LogP contribution in [-0.2, 0) is 0 Å². The van der Waals surface area contributed by atoms with Gasteiger partial charge in [-0.2, -0.15) is 0 Å². The topological polar surface area (TPSA) is 0 Å². The summed E-state index contributed by atoms with van der Waals surface area (Å²) in [7, 11) is -0.517. The first-order chi connectivity index (χ1) is 6.04. The van der Waals surface area contributed by atoms with Crippen LogP contribution in [0.3, 0.4) is 0 Å². The van der Waals surface area contributed by atoms with Gasteiger partial charge in [0.2, 0.25) is 0 Å². The number of hydrogen-bond donors (Lipinski definition) is 0. The van der Waals surface area contributed by atoms with Crippen molar-refractivity contribution >= 4 is 26.5 Å². The molecule has 3 heteroatoms. The van der Waals surface area contributed by atoms with Crippen LogP contribution >= 0.6 is 15.8 Å². The molecule has 13 heavy (non-hydrogen) atoms. The van der Waals surface area contributed by atoms with Gasteiger partial charge in [-0.1, -0.05) is 28.0 Å². The van der Waals surface area contributed by atoms with Crippen molar-refractivity contribution < 1.29 is 4.39 Å². The van der Waals surface area contributed by atoms with Crippen molar-refractivity contribution in [2.45, 2.75) is 0 Å². The Balaban J connectivity index is 3.26. The van der Waals surface area contributed by atoms with Gasteiger partial charge >= 0.3 is 0 Å². The van der Waals surface area contributed by atoms with Gasteiger partial charge in [-0.05, 0) is 38.0 Å². The fraction of sp³-hybridized carbons (Fsp3) is 0.400. The average molecular weight is 216 g/mol. The molecule has 0 amide bonds. The lowest BCUT2D eigenvalue weighted by molar-refractivity contribution is 0.637. The third kappa shape index (κ3) is 2.48. The first-order valence-corrected chi connectivity index (χ1v) is 8.64. The Kier molecular flexibility index (Phi) is 3.83. The fourth-order valence-corrected chi connectivity index (χ4v) is 4.46. The van der Waals surface area contributed by atoms with E-state index in [1.165, 1.54) is 5.30 Å². The molecule has 0 heterocycles. The summed E-state index contributed by atoms with van der Waals surface area (Å²) in [5.41, 5.74) is 0. The van der Waals surface area contributed by atoms with Crippen LogP contribution in [0.25, 0.3) is 0 Å². The first-order valence-electron chi connectivity index (χ1n) is 4.17. The summed E-state index contributed by atoms with van der Waals surface area (Å²) >= 11 is 0. The van der Waals surface area contributed by atoms with Crippen LogP contribution in [0, 0.1) is 5.82 Å². The van der Waals surface area contributed by atoms with Crippen LogP contribution in [0.5, 0.6) is 0 Å². The predicted molar refractivity (Wildman–Crippen MR) is 63.2 cm³/mol. The van der Waals surface area contributed by atoms with Crippen molar-refractivity contribution in [3.05, 3.63) is 24.0 Å². The van der Waals surface area contributed by atoms with Gasteiger partial charge in [-0.15, -0.1) is 0 Å². The third-order valence-corrected chi connectivity index (χ3v) is 4.76. The quantitative estimate of drug-likeness (QED) is 0.666. The smallest absolute Gasteiger partial charge is 0.131 e. The molecule has 0 unspecified atom stereocenters. The molecule has 0 spiro atoms. The Bertz CT molecular complexity index is 295. The van der Waals surface area contributed by atoms with E-state index in [-0.39, 0.29) is 21.7 Å². The van der Waals surface area contributed by atoms with Gasteiger partial charge in [-0.25, -0.2) is 4.39 Å². The van der Waals surface area contributed by atoms with E-state index in [9.17, 15) is 4.39 Å². The zero-order valence-corrected chi connectivity index (χ0v) is 10.3. The molecular weight excluding hydrogens is 201 g/mol. The van der Waals surface area contributed by atoms with Crippen molar-refractivity contribution in [1.29, 1.82) is 0 Å². The second kappa shape index (κ2) is 4.49. The number of hydrogen-bond acceptors (Lipinski definition) is 0. The van der Waals surface area contributed by atoms with Gasteiger partial charge in [0.1, 0.15) is 5.82 Å². The highest BCUT2D eigenvalue weighted by Gasteiger charge is 2.13. The van der Waals surface area contributed by atoms with E-state index < -0.39 is 0 Å². The van der Waals surface area contributed by atoms with E-state index in [0.29, 0.717) is 0 Å². The second-order valence-corrected chi connectivity index (χ2v) is 7.90. The SMILES string of the molecule is CP(C)c1cccc(F)c1P(C)C. The fourth-order valence-electron chi connectivity index (χ4n) is 1.31. The third-order valence-electron chi connectivity index (χ3n) is 1.89. The highest BCUT2D eigenvalue weighted by molar-refractivity contribution is 7.70. The van der Waals surface area contributed by atoms with Gasteiger partial charge in [0, 0.05) is 5.30 Å². The Labute approximate surface area is 82.1 Å². The van der Waals surface area contributed by atoms with E-state index in [0.717, 1.165) is 5.30 Å². The Morgan fingerprint density at radius 2 is 1.62 bits per heavy atom. The normalized spacial score (nSPS) is 11.3. The molecule has 0 aliphatic heterocycles. The highest BCUT2D eigenvalue weighted by atomic mass is 31.1. The molecule has 0 saturated heterocycles. The number of benzene rings is 1. The van der Waals surface area contributed by atoms with Gasteiger partial charge < -0.3 is 0 Å². The summed E-state index contributed by atoms with van der Waals surface area (Å²) in [6.45, 7) is 8.56. The molecule has 0 aliphatic rings. The minimum Gasteiger partial charge on any atom is -0.206 e. The molecule has 0 atom stereocenters. The van der Waals surface area contributed by atoms with E-state index in [4.69, 9.17) is 0 Å². The Morgan fingerprint density at radius 3 is 2.00 bits per heavy atom. The van der Waals surface area contributed by atoms with E-state index in [1.54, 1.807) is 6.07 Å². The van der Waals surface area contributed by atoms with Crippen molar-refractivity contribution in [1.82, 2.24) is 0 Å². The largest absolute Gasteiger partial charge is 0.206 e. The minimum atomic E-state index is -0.328. The molecule has 0 aromatic heterocycles. The standard InChI is InChI=1S/C10H15FP2/c1-12(2)9-7-5-6-8(11)10(9)13(3)4/h5-7H,1-4H3. The summed E-state index contributed by atoms with van der Waals surface area (Å²) in [6, 6.07) is 5.45. The predicted octanol–water partition coefficient (Wildman–Crippen LogP) is 2.56. The van der Waals surface area contributed by atoms with Crippen LogP contribution in [0.2, 0.25) is 0 Å². The molecule has 72 valence electrons. The average Bonchev–Trinajstić information content (AvgIpc) is 2.02. The minimum absolute atomic E-state index is 0.0233. The number of halogens is 1. The molecule has 0 aliphatic carbocycles. The van der Waals surface area contributed by atoms with E-state index >= 15 is 0 Å². The van der Waals surface area contributed by atoms with Crippen LogP contribution in [0.4, 0.5) is 4.39 Å². The lowest BCUT2D eigenvalue weighted by Crippen LogP contribution is -2.23. The van der Waals surface area contributed by atoms with Gasteiger partial charge in [0.05, 0.1) is 0 Å². The molecular formula is C10H15FP2. The second-order valence-electron chi connectivity index (χ2n) is 3.40. The van der Waals surface area contributed by atoms with Crippen LogP contribution in [-0.4, -0.2) is 26.7 Å². The summed E-state index contributed by atoms with van der Waals surface area (Å²) in [5.74, 6) is -0.0233. The molecule has 1 aromatic carbocycles. The van der Waals surface area contributed by atoms with Gasteiger partial charge in [0.15, 0.2) is 0 Å². The lowest BCUT2D eigenvalue weighted by Gasteiger charge is -2.16. The van der Waals surface area contributed by atoms with Crippen molar-refractivity contribution in [3.8, 4) is 0 Å². The van der Waals surface area contributed by atoms with Crippen LogP contribution in [0.1, 0.15) is 0 Å². The van der Waals surface area contributed by atoms with Gasteiger partial charge in [-0.3, -0.25) is 0 Å². The first kappa shape index (κ1) is 11.1. The molecule has 1 aromatic rings. The van der Waals surface area contributed by atoms with Crippen molar-refractivity contribution in [2.75, 3.05) is 26.7 Å². The Morgan fingerprint density at radius 1 is 1.00 bits per heavy atom. The molecule has 1 rings (SSSR count). The maximum atomic E-state index is 13.5. The summed E-state index contributed by atoms with van der Waals surface area (Å²) < 4.78 is 13.5. The zero-order chi connectivity index (χ0) is 10.0. The van der Waals surface area contributed by atoms with E-state index in [2.05, 4.69) is 32.7 Å².